The van der Waals surface area contributed by atoms with Crippen LogP contribution in [-0.2, 0) is 4.79 Å². The lowest BCUT2D eigenvalue weighted by Gasteiger charge is -2.03. The van der Waals surface area contributed by atoms with Gasteiger partial charge in [-0.05, 0) is 31.2 Å². The van der Waals surface area contributed by atoms with Gasteiger partial charge in [-0.2, -0.15) is 0 Å². The van der Waals surface area contributed by atoms with E-state index in [4.69, 9.17) is 0 Å². The van der Waals surface area contributed by atoms with Crippen molar-refractivity contribution in [3.05, 3.63) is 56.8 Å². The fraction of sp³-hybridized carbons (Fsp3) is 0.222. The molecule has 3 rings (SSSR count). The summed E-state index contributed by atoms with van der Waals surface area (Å²) in [4.78, 5) is 28.7. The van der Waals surface area contributed by atoms with Crippen LogP contribution in [0, 0.1) is 17.0 Å². The van der Waals surface area contributed by atoms with Crippen molar-refractivity contribution < 1.29 is 9.72 Å². The number of amides is 1. The van der Waals surface area contributed by atoms with Crippen LogP contribution >= 0.6 is 34.4 Å². The molecule has 3 aromatic rings. The van der Waals surface area contributed by atoms with Crippen molar-refractivity contribution >= 4 is 51.2 Å². The lowest BCUT2D eigenvalue weighted by atomic mass is 10.2. The van der Waals surface area contributed by atoms with Crippen LogP contribution in [0.1, 0.15) is 18.4 Å². The molecule has 1 aromatic carbocycles. The quantitative estimate of drug-likeness (QED) is 0.222. The summed E-state index contributed by atoms with van der Waals surface area (Å²) in [5.41, 5.74) is 1.93. The molecule has 0 saturated carbocycles. The van der Waals surface area contributed by atoms with Crippen molar-refractivity contribution in [1.29, 1.82) is 0 Å². The Kier molecular flexibility index (Phi) is 6.59. The Morgan fingerprint density at radius 3 is 2.74 bits per heavy atom. The van der Waals surface area contributed by atoms with E-state index in [1.165, 1.54) is 44.6 Å². The van der Waals surface area contributed by atoms with Gasteiger partial charge in [-0.25, -0.2) is 4.98 Å². The number of benzene rings is 1. The third-order valence-corrected chi connectivity index (χ3v) is 6.43. The number of nitro groups is 1. The summed E-state index contributed by atoms with van der Waals surface area (Å²) in [5, 5.41) is 17.3. The SMILES string of the molecule is Cc1ccc(SCCCC(=O)Nc2nc(-c3cc([N+](=O)[O-])cs3)cs2)cc1. The summed E-state index contributed by atoms with van der Waals surface area (Å²) in [6.07, 6.45) is 1.21. The maximum atomic E-state index is 12.1. The van der Waals surface area contributed by atoms with Gasteiger partial charge in [0.2, 0.25) is 5.91 Å². The highest BCUT2D eigenvalue weighted by molar-refractivity contribution is 7.99. The van der Waals surface area contributed by atoms with Crippen LogP contribution in [0.4, 0.5) is 10.8 Å². The minimum atomic E-state index is -0.427. The summed E-state index contributed by atoms with van der Waals surface area (Å²) in [6.45, 7) is 2.06. The van der Waals surface area contributed by atoms with E-state index in [0.29, 0.717) is 22.1 Å². The first-order chi connectivity index (χ1) is 13.0. The molecule has 0 aliphatic heterocycles. The van der Waals surface area contributed by atoms with Gasteiger partial charge in [-0.3, -0.25) is 14.9 Å². The Bertz CT molecular complexity index is 935. The second kappa shape index (κ2) is 9.12. The lowest BCUT2D eigenvalue weighted by Crippen LogP contribution is -2.11. The van der Waals surface area contributed by atoms with Gasteiger partial charge in [0.25, 0.3) is 5.69 Å². The molecule has 1 amide bonds. The molecule has 2 heterocycles. The molecule has 0 spiro atoms. The number of nitrogens with zero attached hydrogens (tertiary/aromatic N) is 2. The van der Waals surface area contributed by atoms with E-state index in [-0.39, 0.29) is 11.6 Å². The number of carbonyl (C=O) groups is 1. The number of thiophene rings is 1. The van der Waals surface area contributed by atoms with E-state index in [1.807, 2.05) is 0 Å². The van der Waals surface area contributed by atoms with E-state index in [1.54, 1.807) is 17.1 Å². The molecule has 1 N–H and O–H groups in total. The second-order valence-corrected chi connectivity index (χ2v) is 8.72. The first-order valence-corrected chi connectivity index (χ1v) is 10.9. The normalized spacial score (nSPS) is 10.7. The Balaban J connectivity index is 1.44. The topological polar surface area (TPSA) is 85.1 Å². The van der Waals surface area contributed by atoms with Crippen molar-refractivity contribution in [1.82, 2.24) is 4.98 Å². The minimum Gasteiger partial charge on any atom is -0.302 e. The average Bonchev–Trinajstić information content (AvgIpc) is 3.29. The van der Waals surface area contributed by atoms with E-state index in [9.17, 15) is 14.9 Å². The van der Waals surface area contributed by atoms with Crippen LogP contribution < -0.4 is 5.32 Å². The number of thioether (sulfide) groups is 1. The zero-order valence-electron chi connectivity index (χ0n) is 14.5. The highest BCUT2D eigenvalue weighted by Crippen LogP contribution is 2.32. The molecule has 6 nitrogen and oxygen atoms in total. The zero-order valence-corrected chi connectivity index (χ0v) is 17.0. The Morgan fingerprint density at radius 1 is 1.26 bits per heavy atom. The number of nitrogens with one attached hydrogen (secondary N) is 1. The summed E-state index contributed by atoms with van der Waals surface area (Å²) in [5.74, 6) is 0.802. The highest BCUT2D eigenvalue weighted by Gasteiger charge is 2.14. The lowest BCUT2D eigenvalue weighted by molar-refractivity contribution is -0.384. The van der Waals surface area contributed by atoms with E-state index >= 15 is 0 Å². The molecule has 0 aliphatic rings. The van der Waals surface area contributed by atoms with Gasteiger partial charge in [-0.15, -0.1) is 34.4 Å². The number of thiazole rings is 1. The molecular weight excluding hydrogens is 402 g/mol. The Morgan fingerprint density at radius 2 is 2.04 bits per heavy atom. The molecule has 0 atom stereocenters. The smallest absolute Gasteiger partial charge is 0.280 e. The number of carbonyl (C=O) groups excluding carboxylic acids is 1. The molecular formula is C18H17N3O3S3. The number of anilines is 1. The first kappa shape index (κ1) is 19.5. The standard InChI is InChI=1S/C18H17N3O3S3/c1-12-4-6-14(7-5-12)25-8-2-3-17(22)20-18-19-15(11-27-18)16-9-13(10-26-16)21(23)24/h4-7,9-11H,2-3,8H2,1H3,(H,19,20,22). The van der Waals surface area contributed by atoms with Crippen LogP contribution in [0.15, 0.2) is 46.0 Å². The van der Waals surface area contributed by atoms with E-state index in [0.717, 1.165) is 12.2 Å². The molecule has 140 valence electrons. The van der Waals surface area contributed by atoms with Gasteiger partial charge in [0, 0.05) is 22.8 Å². The van der Waals surface area contributed by atoms with Gasteiger partial charge < -0.3 is 5.32 Å². The molecule has 27 heavy (non-hydrogen) atoms. The molecule has 0 aliphatic carbocycles. The van der Waals surface area contributed by atoms with Crippen molar-refractivity contribution in [3.63, 3.8) is 0 Å². The molecule has 0 radical (unpaired) electrons. The minimum absolute atomic E-state index is 0.0552. The fourth-order valence-electron chi connectivity index (χ4n) is 2.24. The van der Waals surface area contributed by atoms with Gasteiger partial charge >= 0.3 is 0 Å². The van der Waals surface area contributed by atoms with Crippen LogP contribution in [-0.4, -0.2) is 21.6 Å². The van der Waals surface area contributed by atoms with Crippen LogP contribution in [0.2, 0.25) is 0 Å². The maximum absolute atomic E-state index is 12.1. The zero-order chi connectivity index (χ0) is 19.2. The summed E-state index contributed by atoms with van der Waals surface area (Å²) in [6, 6.07) is 9.83. The molecule has 0 saturated heterocycles. The Labute approximate surface area is 168 Å². The van der Waals surface area contributed by atoms with Crippen molar-refractivity contribution in [2.45, 2.75) is 24.7 Å². The third kappa shape index (κ3) is 5.62. The van der Waals surface area contributed by atoms with E-state index < -0.39 is 4.92 Å². The number of aryl methyl sites for hydroxylation is 1. The molecule has 0 fully saturated rings. The summed E-state index contributed by atoms with van der Waals surface area (Å²) >= 11 is 4.32. The van der Waals surface area contributed by atoms with Crippen molar-refractivity contribution in [3.8, 4) is 10.6 Å². The Hall–Kier alpha value is -2.23. The van der Waals surface area contributed by atoms with Gasteiger partial charge in [0.1, 0.15) is 0 Å². The summed E-state index contributed by atoms with van der Waals surface area (Å²) < 4.78 is 0. The van der Waals surface area contributed by atoms with Gasteiger partial charge in [0.05, 0.1) is 20.9 Å². The fourth-order valence-corrected chi connectivity index (χ4v) is 4.71. The van der Waals surface area contributed by atoms with Crippen molar-refractivity contribution in [2.24, 2.45) is 0 Å². The molecule has 0 unspecified atom stereocenters. The monoisotopic (exact) mass is 419 g/mol. The molecule has 2 aromatic heterocycles. The van der Waals surface area contributed by atoms with Gasteiger partial charge in [-0.1, -0.05) is 17.7 Å². The average molecular weight is 420 g/mol. The first-order valence-electron chi connectivity index (χ1n) is 8.19. The summed E-state index contributed by atoms with van der Waals surface area (Å²) in [7, 11) is 0. The largest absolute Gasteiger partial charge is 0.302 e. The number of hydrogen-bond donors (Lipinski definition) is 1. The van der Waals surface area contributed by atoms with Crippen LogP contribution in [0.3, 0.4) is 0 Å². The number of aromatic nitrogens is 1. The highest BCUT2D eigenvalue weighted by atomic mass is 32.2. The predicted molar refractivity (Wildman–Crippen MR) is 112 cm³/mol. The second-order valence-electron chi connectivity index (χ2n) is 5.78. The maximum Gasteiger partial charge on any atom is 0.280 e. The van der Waals surface area contributed by atoms with Crippen LogP contribution in [0.5, 0.6) is 0 Å². The van der Waals surface area contributed by atoms with Crippen molar-refractivity contribution in [2.75, 3.05) is 11.1 Å². The third-order valence-electron chi connectivity index (χ3n) is 3.64. The number of hydrogen-bond acceptors (Lipinski definition) is 7. The predicted octanol–water partition coefficient (Wildman–Crippen LogP) is 5.60. The number of rotatable bonds is 8. The van der Waals surface area contributed by atoms with Crippen LogP contribution in [0.25, 0.3) is 10.6 Å². The molecule has 9 heteroatoms. The molecule has 0 bridgehead atoms. The van der Waals surface area contributed by atoms with Gasteiger partial charge in [0.15, 0.2) is 5.13 Å². The van der Waals surface area contributed by atoms with E-state index in [2.05, 4.69) is 41.5 Å².